The molecule has 3 aromatic rings. The van der Waals surface area contributed by atoms with Gasteiger partial charge in [-0.15, -0.1) is 0 Å². The standard InChI is InChI=1S/C20H21NO2/c1-2-21-18-12-11-15(23-14-7-4-3-5-8-14)13-17(18)16-9-6-10-19(22)20(16)21/h3-5,7-8,11-13,19,22H,2,6,9-10H2,1H3. The van der Waals surface area contributed by atoms with Crippen molar-refractivity contribution in [1.29, 1.82) is 0 Å². The molecular formula is C20H21NO2. The van der Waals surface area contributed by atoms with Gasteiger partial charge in [-0.05, 0) is 62.1 Å². The maximum absolute atomic E-state index is 10.4. The molecule has 3 nitrogen and oxygen atoms in total. The van der Waals surface area contributed by atoms with Crippen LogP contribution in [0.15, 0.2) is 48.5 Å². The topological polar surface area (TPSA) is 34.4 Å². The minimum Gasteiger partial charge on any atom is -0.457 e. The van der Waals surface area contributed by atoms with E-state index < -0.39 is 0 Å². The molecule has 1 N–H and O–H groups in total. The van der Waals surface area contributed by atoms with Gasteiger partial charge in [0, 0.05) is 17.4 Å². The Hall–Kier alpha value is -2.26. The number of aliphatic hydroxyl groups is 1. The number of hydrogen-bond acceptors (Lipinski definition) is 2. The Kier molecular flexibility index (Phi) is 3.58. The Morgan fingerprint density at radius 1 is 1.13 bits per heavy atom. The zero-order chi connectivity index (χ0) is 15.8. The third kappa shape index (κ3) is 2.41. The van der Waals surface area contributed by atoms with Crippen molar-refractivity contribution in [2.75, 3.05) is 0 Å². The van der Waals surface area contributed by atoms with E-state index in [9.17, 15) is 5.11 Å². The number of para-hydroxylation sites is 1. The SMILES string of the molecule is CCn1c2c(c3cc(Oc4ccccc4)ccc31)CCCC2O. The Bertz CT molecular complexity index is 836. The van der Waals surface area contributed by atoms with Crippen LogP contribution in [0, 0.1) is 0 Å². The van der Waals surface area contributed by atoms with Gasteiger partial charge >= 0.3 is 0 Å². The molecule has 2 aromatic carbocycles. The first kappa shape index (κ1) is 14.3. The Morgan fingerprint density at radius 2 is 1.96 bits per heavy atom. The molecule has 1 aliphatic carbocycles. The Labute approximate surface area is 136 Å². The monoisotopic (exact) mass is 307 g/mol. The number of benzene rings is 2. The van der Waals surface area contributed by atoms with E-state index in [0.717, 1.165) is 43.0 Å². The molecule has 0 radical (unpaired) electrons. The van der Waals surface area contributed by atoms with Crippen molar-refractivity contribution >= 4 is 10.9 Å². The Balaban J connectivity index is 1.82. The van der Waals surface area contributed by atoms with Crippen LogP contribution in [-0.4, -0.2) is 9.67 Å². The van der Waals surface area contributed by atoms with Crippen molar-refractivity contribution in [3.63, 3.8) is 0 Å². The van der Waals surface area contributed by atoms with Crippen LogP contribution in [0.2, 0.25) is 0 Å². The molecular weight excluding hydrogens is 286 g/mol. The minimum atomic E-state index is -0.343. The summed E-state index contributed by atoms with van der Waals surface area (Å²) in [5.74, 6) is 1.69. The summed E-state index contributed by atoms with van der Waals surface area (Å²) in [6.07, 6.45) is 2.59. The summed E-state index contributed by atoms with van der Waals surface area (Å²) in [5, 5.41) is 11.6. The van der Waals surface area contributed by atoms with Crippen LogP contribution < -0.4 is 4.74 Å². The van der Waals surface area contributed by atoms with E-state index in [1.165, 1.54) is 16.5 Å². The molecule has 0 aliphatic heterocycles. The van der Waals surface area contributed by atoms with Gasteiger partial charge in [0.05, 0.1) is 11.8 Å². The maximum atomic E-state index is 10.4. The molecule has 118 valence electrons. The molecule has 1 unspecified atom stereocenters. The fraction of sp³-hybridized carbons (Fsp3) is 0.300. The molecule has 0 bridgehead atoms. The first-order chi connectivity index (χ1) is 11.3. The van der Waals surface area contributed by atoms with Gasteiger partial charge in [-0.2, -0.15) is 0 Å². The van der Waals surface area contributed by atoms with Gasteiger partial charge in [-0.3, -0.25) is 0 Å². The molecule has 0 saturated carbocycles. The third-order valence-electron chi connectivity index (χ3n) is 4.70. The summed E-state index contributed by atoms with van der Waals surface area (Å²) in [5.41, 5.74) is 3.59. The van der Waals surface area contributed by atoms with Crippen molar-refractivity contribution < 1.29 is 9.84 Å². The van der Waals surface area contributed by atoms with Crippen molar-refractivity contribution in [1.82, 2.24) is 4.57 Å². The second kappa shape index (κ2) is 5.74. The zero-order valence-electron chi connectivity index (χ0n) is 13.3. The molecule has 1 heterocycles. The average Bonchev–Trinajstić information content (AvgIpc) is 2.90. The van der Waals surface area contributed by atoms with Crippen molar-refractivity contribution in [3.05, 3.63) is 59.8 Å². The first-order valence-corrected chi connectivity index (χ1v) is 8.34. The van der Waals surface area contributed by atoms with E-state index in [-0.39, 0.29) is 6.10 Å². The second-order valence-electron chi connectivity index (χ2n) is 6.11. The van der Waals surface area contributed by atoms with Crippen LogP contribution in [0.5, 0.6) is 11.5 Å². The van der Waals surface area contributed by atoms with E-state index in [2.05, 4.69) is 23.6 Å². The number of rotatable bonds is 3. The molecule has 0 fully saturated rings. The van der Waals surface area contributed by atoms with E-state index in [4.69, 9.17) is 4.74 Å². The minimum absolute atomic E-state index is 0.343. The van der Waals surface area contributed by atoms with Crippen LogP contribution in [0.1, 0.15) is 37.1 Å². The highest BCUT2D eigenvalue weighted by atomic mass is 16.5. The van der Waals surface area contributed by atoms with Crippen LogP contribution in [0.3, 0.4) is 0 Å². The summed E-state index contributed by atoms with van der Waals surface area (Å²) in [6, 6.07) is 16.1. The largest absolute Gasteiger partial charge is 0.457 e. The third-order valence-corrected chi connectivity index (χ3v) is 4.70. The molecule has 3 heteroatoms. The van der Waals surface area contributed by atoms with Crippen molar-refractivity contribution in [3.8, 4) is 11.5 Å². The molecule has 23 heavy (non-hydrogen) atoms. The lowest BCUT2D eigenvalue weighted by molar-refractivity contribution is 0.148. The van der Waals surface area contributed by atoms with Crippen LogP contribution in [-0.2, 0) is 13.0 Å². The van der Waals surface area contributed by atoms with Gasteiger partial charge in [0.15, 0.2) is 0 Å². The molecule has 4 rings (SSSR count). The number of fused-ring (bicyclic) bond motifs is 3. The number of ether oxygens (including phenoxy) is 1. The summed E-state index contributed by atoms with van der Waals surface area (Å²) >= 11 is 0. The highest BCUT2D eigenvalue weighted by Gasteiger charge is 2.25. The summed E-state index contributed by atoms with van der Waals surface area (Å²) in [6.45, 7) is 3.01. The predicted octanol–water partition coefficient (Wildman–Crippen LogP) is 4.82. The number of aliphatic hydroxyl groups excluding tert-OH is 1. The van der Waals surface area contributed by atoms with Gasteiger partial charge in [0.2, 0.25) is 0 Å². The Morgan fingerprint density at radius 3 is 2.74 bits per heavy atom. The molecule has 0 amide bonds. The zero-order valence-corrected chi connectivity index (χ0v) is 13.3. The highest BCUT2D eigenvalue weighted by Crippen LogP contribution is 2.39. The fourth-order valence-corrected chi connectivity index (χ4v) is 3.70. The summed E-state index contributed by atoms with van der Waals surface area (Å²) < 4.78 is 8.23. The van der Waals surface area contributed by atoms with Crippen LogP contribution >= 0.6 is 0 Å². The smallest absolute Gasteiger partial charge is 0.128 e. The summed E-state index contributed by atoms with van der Waals surface area (Å²) in [4.78, 5) is 0. The molecule has 1 aliphatic rings. The quantitative estimate of drug-likeness (QED) is 0.752. The lowest BCUT2D eigenvalue weighted by atomic mass is 9.93. The number of aromatic nitrogens is 1. The van der Waals surface area contributed by atoms with E-state index in [0.29, 0.717) is 0 Å². The van der Waals surface area contributed by atoms with Gasteiger partial charge in [0.25, 0.3) is 0 Å². The fourth-order valence-electron chi connectivity index (χ4n) is 3.70. The lowest BCUT2D eigenvalue weighted by Gasteiger charge is -2.20. The lowest BCUT2D eigenvalue weighted by Crippen LogP contribution is -2.13. The first-order valence-electron chi connectivity index (χ1n) is 8.34. The molecule has 0 spiro atoms. The van der Waals surface area contributed by atoms with Crippen LogP contribution in [0.25, 0.3) is 10.9 Å². The van der Waals surface area contributed by atoms with Crippen molar-refractivity contribution in [2.45, 2.75) is 38.8 Å². The van der Waals surface area contributed by atoms with Gasteiger partial charge in [-0.25, -0.2) is 0 Å². The summed E-state index contributed by atoms with van der Waals surface area (Å²) in [7, 11) is 0. The number of nitrogens with zero attached hydrogens (tertiary/aromatic N) is 1. The normalized spacial score (nSPS) is 17.2. The van der Waals surface area contributed by atoms with E-state index >= 15 is 0 Å². The predicted molar refractivity (Wildman–Crippen MR) is 92.0 cm³/mol. The maximum Gasteiger partial charge on any atom is 0.128 e. The highest BCUT2D eigenvalue weighted by molar-refractivity contribution is 5.87. The van der Waals surface area contributed by atoms with E-state index in [1.54, 1.807) is 0 Å². The average molecular weight is 307 g/mol. The molecule has 1 aromatic heterocycles. The number of hydrogen-bond donors (Lipinski definition) is 1. The molecule has 1 atom stereocenters. The molecule has 0 saturated heterocycles. The van der Waals surface area contributed by atoms with Crippen molar-refractivity contribution in [2.24, 2.45) is 0 Å². The van der Waals surface area contributed by atoms with Gasteiger partial charge in [0.1, 0.15) is 11.5 Å². The van der Waals surface area contributed by atoms with Crippen LogP contribution in [0.4, 0.5) is 0 Å². The van der Waals surface area contributed by atoms with E-state index in [1.807, 2.05) is 36.4 Å². The second-order valence-corrected chi connectivity index (χ2v) is 6.11. The van der Waals surface area contributed by atoms with Gasteiger partial charge < -0.3 is 14.4 Å². The number of aryl methyl sites for hydroxylation is 2. The van der Waals surface area contributed by atoms with Gasteiger partial charge in [-0.1, -0.05) is 18.2 Å².